The van der Waals surface area contributed by atoms with Crippen LogP contribution < -0.4 is 9.64 Å². The van der Waals surface area contributed by atoms with Crippen LogP contribution >= 0.6 is 0 Å². The van der Waals surface area contributed by atoms with Crippen LogP contribution in [0.5, 0.6) is 5.75 Å². The Bertz CT molecular complexity index is 731. The maximum atomic E-state index is 13.2. The van der Waals surface area contributed by atoms with Gasteiger partial charge in [-0.1, -0.05) is 51.1 Å². The number of hydrogen-bond acceptors (Lipinski definition) is 4. The lowest BCUT2D eigenvalue weighted by atomic mass is 10.0. The molecular weight excluding hydrogens is 326 g/mol. The molecule has 5 nitrogen and oxygen atoms in total. The second-order valence-electron chi connectivity index (χ2n) is 6.46. The Morgan fingerprint density at radius 3 is 2.50 bits per heavy atom. The fourth-order valence-corrected chi connectivity index (χ4v) is 3.42. The SMILES string of the molecule is CCC1Oc2cccnc2N(C(CN(CC)CC)c2ccccc2)C1=O. The van der Waals surface area contributed by atoms with E-state index < -0.39 is 6.10 Å². The molecule has 0 saturated heterocycles. The summed E-state index contributed by atoms with van der Waals surface area (Å²) in [6, 6.07) is 13.8. The van der Waals surface area contributed by atoms with E-state index in [1.54, 1.807) is 6.20 Å². The molecule has 138 valence electrons. The van der Waals surface area contributed by atoms with E-state index in [4.69, 9.17) is 4.74 Å². The van der Waals surface area contributed by atoms with Gasteiger partial charge in [0.05, 0.1) is 6.04 Å². The Morgan fingerprint density at radius 1 is 1.12 bits per heavy atom. The second-order valence-corrected chi connectivity index (χ2v) is 6.46. The number of nitrogens with zero attached hydrogens (tertiary/aromatic N) is 3. The number of anilines is 1. The smallest absolute Gasteiger partial charge is 0.269 e. The van der Waals surface area contributed by atoms with E-state index in [1.165, 1.54) is 0 Å². The van der Waals surface area contributed by atoms with Crippen LogP contribution in [0.15, 0.2) is 48.7 Å². The average molecular weight is 353 g/mol. The van der Waals surface area contributed by atoms with Gasteiger partial charge < -0.3 is 9.64 Å². The largest absolute Gasteiger partial charge is 0.477 e. The molecule has 1 aliphatic rings. The van der Waals surface area contributed by atoms with Crippen LogP contribution in [0.25, 0.3) is 0 Å². The summed E-state index contributed by atoms with van der Waals surface area (Å²) in [5, 5.41) is 0. The first-order valence-electron chi connectivity index (χ1n) is 9.41. The third-order valence-electron chi connectivity index (χ3n) is 4.95. The van der Waals surface area contributed by atoms with Crippen molar-refractivity contribution < 1.29 is 9.53 Å². The standard InChI is InChI=1S/C21H27N3O2/c1-4-18-21(25)24(20-19(26-18)13-10-14-22-20)17(15-23(5-2)6-3)16-11-8-7-9-12-16/h7-14,17-18H,4-6,15H2,1-3H3. The topological polar surface area (TPSA) is 45.7 Å². The zero-order valence-corrected chi connectivity index (χ0v) is 15.8. The number of ether oxygens (including phenoxy) is 1. The Morgan fingerprint density at radius 2 is 1.85 bits per heavy atom. The van der Waals surface area contributed by atoms with Gasteiger partial charge in [0.2, 0.25) is 0 Å². The van der Waals surface area contributed by atoms with Gasteiger partial charge in [-0.15, -0.1) is 0 Å². The summed E-state index contributed by atoms with van der Waals surface area (Å²) < 4.78 is 5.90. The predicted molar refractivity (Wildman–Crippen MR) is 103 cm³/mol. The zero-order chi connectivity index (χ0) is 18.5. The molecule has 2 heterocycles. The number of rotatable bonds is 7. The van der Waals surface area contributed by atoms with E-state index in [0.717, 1.165) is 25.2 Å². The first-order valence-corrected chi connectivity index (χ1v) is 9.41. The average Bonchev–Trinajstić information content (AvgIpc) is 2.70. The van der Waals surface area contributed by atoms with E-state index in [9.17, 15) is 4.79 Å². The second kappa shape index (κ2) is 8.32. The third kappa shape index (κ3) is 3.58. The highest BCUT2D eigenvalue weighted by molar-refractivity contribution is 5.99. The number of amides is 1. The van der Waals surface area contributed by atoms with Crippen LogP contribution in [0.1, 0.15) is 38.8 Å². The van der Waals surface area contributed by atoms with Gasteiger partial charge in [-0.2, -0.15) is 0 Å². The van der Waals surface area contributed by atoms with Gasteiger partial charge in [0.15, 0.2) is 17.7 Å². The van der Waals surface area contributed by atoms with Crippen molar-refractivity contribution in [3.8, 4) is 5.75 Å². The molecule has 0 spiro atoms. The fraction of sp³-hybridized carbons (Fsp3) is 0.429. The maximum absolute atomic E-state index is 13.2. The first-order chi connectivity index (χ1) is 12.7. The summed E-state index contributed by atoms with van der Waals surface area (Å²) in [6.45, 7) is 8.90. The molecule has 1 aromatic heterocycles. The molecule has 0 saturated carbocycles. The van der Waals surface area contributed by atoms with Crippen molar-refractivity contribution in [2.45, 2.75) is 39.3 Å². The highest BCUT2D eigenvalue weighted by Gasteiger charge is 2.39. The minimum absolute atomic E-state index is 0.0142. The lowest BCUT2D eigenvalue weighted by Crippen LogP contribution is -2.50. The number of carbonyl (C=O) groups is 1. The molecule has 1 amide bonds. The minimum atomic E-state index is -0.463. The Kier molecular flexibility index (Phi) is 5.89. The molecule has 0 bridgehead atoms. The van der Waals surface area contributed by atoms with Crippen LogP contribution in [0.2, 0.25) is 0 Å². The highest BCUT2D eigenvalue weighted by atomic mass is 16.5. The van der Waals surface area contributed by atoms with Crippen LogP contribution in [0.4, 0.5) is 5.82 Å². The van der Waals surface area contributed by atoms with Crippen LogP contribution in [0, 0.1) is 0 Å². The molecule has 2 atom stereocenters. The molecule has 0 fully saturated rings. The quantitative estimate of drug-likeness (QED) is 0.762. The Balaban J connectivity index is 2.07. The minimum Gasteiger partial charge on any atom is -0.477 e. The van der Waals surface area contributed by atoms with Crippen molar-refractivity contribution >= 4 is 11.7 Å². The van der Waals surface area contributed by atoms with Gasteiger partial charge in [-0.05, 0) is 37.2 Å². The normalized spacial score (nSPS) is 17.8. The van der Waals surface area contributed by atoms with Crippen molar-refractivity contribution in [3.05, 3.63) is 54.2 Å². The van der Waals surface area contributed by atoms with Gasteiger partial charge >= 0.3 is 0 Å². The van der Waals surface area contributed by atoms with Gasteiger partial charge in [0, 0.05) is 12.7 Å². The number of benzene rings is 1. The Labute approximate surface area is 155 Å². The summed E-state index contributed by atoms with van der Waals surface area (Å²) >= 11 is 0. The molecule has 2 aromatic rings. The van der Waals surface area contributed by atoms with E-state index in [2.05, 4.69) is 35.9 Å². The van der Waals surface area contributed by atoms with Gasteiger partial charge in [-0.3, -0.25) is 9.69 Å². The van der Waals surface area contributed by atoms with Crippen molar-refractivity contribution in [3.63, 3.8) is 0 Å². The molecule has 26 heavy (non-hydrogen) atoms. The maximum Gasteiger partial charge on any atom is 0.269 e. The van der Waals surface area contributed by atoms with E-state index in [1.807, 2.05) is 42.2 Å². The number of carbonyl (C=O) groups excluding carboxylic acids is 1. The highest BCUT2D eigenvalue weighted by Crippen LogP contribution is 2.38. The number of fused-ring (bicyclic) bond motifs is 1. The predicted octanol–water partition coefficient (Wildman–Crippen LogP) is 3.67. The lowest BCUT2D eigenvalue weighted by molar-refractivity contribution is -0.127. The molecule has 5 heteroatoms. The van der Waals surface area contributed by atoms with Crippen molar-refractivity contribution in [2.75, 3.05) is 24.5 Å². The van der Waals surface area contributed by atoms with Crippen molar-refractivity contribution in [2.24, 2.45) is 0 Å². The molecule has 0 radical (unpaired) electrons. The number of aromatic nitrogens is 1. The summed E-state index contributed by atoms with van der Waals surface area (Å²) in [5.74, 6) is 1.28. The van der Waals surface area contributed by atoms with Gasteiger partial charge in [0.25, 0.3) is 5.91 Å². The van der Waals surface area contributed by atoms with Crippen LogP contribution in [0.3, 0.4) is 0 Å². The monoisotopic (exact) mass is 353 g/mol. The van der Waals surface area contributed by atoms with Crippen molar-refractivity contribution in [1.29, 1.82) is 0 Å². The Hall–Kier alpha value is -2.40. The third-order valence-corrected chi connectivity index (χ3v) is 4.95. The first kappa shape index (κ1) is 18.4. The number of likely N-dealkylation sites (N-methyl/N-ethyl adjacent to an activating group) is 1. The van der Waals surface area contributed by atoms with Gasteiger partial charge in [0.1, 0.15) is 0 Å². The van der Waals surface area contributed by atoms with Crippen LogP contribution in [-0.4, -0.2) is 41.5 Å². The van der Waals surface area contributed by atoms with Crippen LogP contribution in [-0.2, 0) is 4.79 Å². The molecule has 0 aliphatic carbocycles. The lowest BCUT2D eigenvalue weighted by Gasteiger charge is -2.40. The molecule has 1 aliphatic heterocycles. The summed E-state index contributed by atoms with van der Waals surface area (Å²) in [7, 11) is 0. The molecule has 1 aromatic carbocycles. The molecule has 3 rings (SSSR count). The van der Waals surface area contributed by atoms with E-state index in [-0.39, 0.29) is 11.9 Å². The summed E-state index contributed by atoms with van der Waals surface area (Å²) in [6.07, 6.45) is 1.89. The van der Waals surface area contributed by atoms with E-state index >= 15 is 0 Å². The number of pyridine rings is 1. The fourth-order valence-electron chi connectivity index (χ4n) is 3.42. The zero-order valence-electron chi connectivity index (χ0n) is 15.8. The summed E-state index contributed by atoms with van der Waals surface area (Å²) in [5.41, 5.74) is 1.11. The number of hydrogen-bond donors (Lipinski definition) is 0. The van der Waals surface area contributed by atoms with Gasteiger partial charge in [-0.25, -0.2) is 4.98 Å². The molecule has 0 N–H and O–H groups in total. The van der Waals surface area contributed by atoms with E-state index in [0.29, 0.717) is 18.0 Å². The van der Waals surface area contributed by atoms with Crippen molar-refractivity contribution in [1.82, 2.24) is 9.88 Å². The summed E-state index contributed by atoms with van der Waals surface area (Å²) in [4.78, 5) is 21.9. The molecule has 2 unspecified atom stereocenters. The molecular formula is C21H27N3O2.